The van der Waals surface area contributed by atoms with Gasteiger partial charge in [-0.2, -0.15) is 0 Å². The van der Waals surface area contributed by atoms with E-state index in [0.717, 1.165) is 6.42 Å². The highest BCUT2D eigenvalue weighted by Gasteiger charge is 2.21. The van der Waals surface area contributed by atoms with E-state index in [0.29, 0.717) is 36.5 Å². The highest BCUT2D eigenvalue weighted by molar-refractivity contribution is 6.44. The van der Waals surface area contributed by atoms with Gasteiger partial charge in [-0.05, 0) is 51.7 Å². The van der Waals surface area contributed by atoms with Crippen LogP contribution in [-0.2, 0) is 4.74 Å². The standard InChI is InChI=1S/C20H25Cl2NO3/c1-5-13-23(19(25)26-20(2,3)4)14-8-6-7-12-17(24)15-10-9-11-16(21)18(15)22/h9-11H,5-6,8,13-14H2,1-4H3. The van der Waals surface area contributed by atoms with Gasteiger partial charge in [0, 0.05) is 19.5 Å². The molecule has 0 unspecified atom stereocenters. The van der Waals surface area contributed by atoms with Crippen molar-refractivity contribution in [2.75, 3.05) is 13.1 Å². The molecule has 1 aromatic rings. The largest absolute Gasteiger partial charge is 0.444 e. The van der Waals surface area contributed by atoms with Gasteiger partial charge in [0.1, 0.15) is 5.60 Å². The average Bonchev–Trinajstić information content (AvgIpc) is 2.54. The van der Waals surface area contributed by atoms with Crippen LogP contribution in [0.1, 0.15) is 57.3 Å². The zero-order valence-electron chi connectivity index (χ0n) is 15.7. The van der Waals surface area contributed by atoms with Crippen molar-refractivity contribution < 1.29 is 14.3 Å². The van der Waals surface area contributed by atoms with E-state index < -0.39 is 5.60 Å². The number of hydrogen-bond acceptors (Lipinski definition) is 3. The Morgan fingerprint density at radius 3 is 2.50 bits per heavy atom. The normalized spacial score (nSPS) is 10.7. The van der Waals surface area contributed by atoms with Crippen LogP contribution in [0.4, 0.5) is 4.79 Å². The number of ketones is 1. The van der Waals surface area contributed by atoms with Crippen molar-refractivity contribution in [1.29, 1.82) is 0 Å². The summed E-state index contributed by atoms with van der Waals surface area (Å²) in [5, 5.41) is 0.541. The molecule has 1 amide bonds. The van der Waals surface area contributed by atoms with Crippen molar-refractivity contribution in [3.05, 3.63) is 33.8 Å². The predicted octanol–water partition coefficient (Wildman–Crippen LogP) is 5.61. The summed E-state index contributed by atoms with van der Waals surface area (Å²) in [6.45, 7) is 8.68. The highest BCUT2D eigenvalue weighted by Crippen LogP contribution is 2.25. The van der Waals surface area contributed by atoms with Gasteiger partial charge < -0.3 is 9.64 Å². The van der Waals surface area contributed by atoms with Gasteiger partial charge in [-0.15, -0.1) is 0 Å². The Kier molecular flexibility index (Phi) is 8.98. The van der Waals surface area contributed by atoms with Crippen LogP contribution in [0.15, 0.2) is 18.2 Å². The van der Waals surface area contributed by atoms with E-state index in [1.54, 1.807) is 23.1 Å². The Labute approximate surface area is 165 Å². The van der Waals surface area contributed by atoms with E-state index in [1.807, 2.05) is 27.7 Å². The maximum atomic E-state index is 12.2. The van der Waals surface area contributed by atoms with Gasteiger partial charge in [-0.1, -0.05) is 42.1 Å². The van der Waals surface area contributed by atoms with Crippen molar-refractivity contribution >= 4 is 35.1 Å². The van der Waals surface area contributed by atoms with E-state index >= 15 is 0 Å². The Hall–Kier alpha value is -1.70. The number of rotatable bonds is 6. The quantitative estimate of drug-likeness (QED) is 0.271. The molecule has 0 atom stereocenters. The van der Waals surface area contributed by atoms with Crippen molar-refractivity contribution in [2.24, 2.45) is 0 Å². The number of nitrogens with zero attached hydrogens (tertiary/aromatic N) is 1. The van der Waals surface area contributed by atoms with Gasteiger partial charge in [-0.25, -0.2) is 4.79 Å². The number of benzene rings is 1. The summed E-state index contributed by atoms with van der Waals surface area (Å²) in [5.41, 5.74) is -0.223. The molecule has 0 radical (unpaired) electrons. The number of carbonyl (C=O) groups excluding carboxylic acids is 2. The zero-order valence-corrected chi connectivity index (χ0v) is 17.2. The van der Waals surface area contributed by atoms with E-state index in [2.05, 4.69) is 11.8 Å². The number of carbonyl (C=O) groups is 2. The van der Waals surface area contributed by atoms with Gasteiger partial charge in [0.15, 0.2) is 0 Å². The minimum atomic E-state index is -0.522. The third-order valence-corrected chi connectivity index (χ3v) is 4.09. The number of Topliss-reactive ketones (excluding diaryl/α,β-unsaturated/α-hetero) is 1. The van der Waals surface area contributed by atoms with E-state index in [-0.39, 0.29) is 16.9 Å². The number of halogens is 2. The van der Waals surface area contributed by atoms with Gasteiger partial charge in [0.2, 0.25) is 5.78 Å². The topological polar surface area (TPSA) is 46.6 Å². The maximum Gasteiger partial charge on any atom is 0.410 e. The second-order valence-electron chi connectivity index (χ2n) is 6.80. The van der Waals surface area contributed by atoms with Crippen molar-refractivity contribution in [2.45, 2.75) is 52.6 Å². The van der Waals surface area contributed by atoms with Crippen LogP contribution in [0, 0.1) is 11.8 Å². The summed E-state index contributed by atoms with van der Waals surface area (Å²) in [5.74, 6) is 5.04. The lowest BCUT2D eigenvalue weighted by atomic mass is 10.1. The fraction of sp³-hybridized carbons (Fsp3) is 0.500. The fourth-order valence-electron chi connectivity index (χ4n) is 2.14. The van der Waals surface area contributed by atoms with E-state index in [9.17, 15) is 9.59 Å². The minimum absolute atomic E-state index is 0.215. The molecule has 0 spiro atoms. The lowest BCUT2D eigenvalue weighted by Crippen LogP contribution is -2.37. The molecular formula is C20H25Cl2NO3. The summed E-state index contributed by atoms with van der Waals surface area (Å²) >= 11 is 11.9. The molecule has 0 saturated carbocycles. The second kappa shape index (κ2) is 10.4. The molecular weight excluding hydrogens is 373 g/mol. The Balaban J connectivity index is 2.56. The first-order valence-electron chi connectivity index (χ1n) is 8.61. The smallest absolute Gasteiger partial charge is 0.410 e. The lowest BCUT2D eigenvalue weighted by Gasteiger charge is -2.27. The molecule has 4 nitrogen and oxygen atoms in total. The lowest BCUT2D eigenvalue weighted by molar-refractivity contribution is 0.0248. The molecule has 0 fully saturated rings. The van der Waals surface area contributed by atoms with Crippen molar-refractivity contribution in [3.8, 4) is 11.8 Å². The Morgan fingerprint density at radius 1 is 1.19 bits per heavy atom. The van der Waals surface area contributed by atoms with Crippen LogP contribution in [0.2, 0.25) is 10.0 Å². The molecule has 0 aromatic heterocycles. The number of unbranched alkanes of at least 4 members (excludes halogenated alkanes) is 1. The first-order chi connectivity index (χ1) is 12.2. The van der Waals surface area contributed by atoms with E-state index in [4.69, 9.17) is 27.9 Å². The molecule has 0 heterocycles. The predicted molar refractivity (Wildman–Crippen MR) is 106 cm³/mol. The molecule has 0 aliphatic rings. The summed E-state index contributed by atoms with van der Waals surface area (Å²) in [6.07, 6.45) is 1.67. The van der Waals surface area contributed by atoms with Crippen molar-refractivity contribution in [1.82, 2.24) is 4.90 Å². The molecule has 1 rings (SSSR count). The third-order valence-electron chi connectivity index (χ3n) is 3.27. The van der Waals surface area contributed by atoms with Gasteiger partial charge in [-0.3, -0.25) is 4.79 Å². The fourth-order valence-corrected chi connectivity index (χ4v) is 2.52. The molecule has 1 aromatic carbocycles. The van der Waals surface area contributed by atoms with Crippen LogP contribution in [0.5, 0.6) is 0 Å². The zero-order chi connectivity index (χ0) is 19.7. The molecule has 0 aliphatic carbocycles. The number of hydrogen-bond donors (Lipinski definition) is 0. The summed E-state index contributed by atoms with van der Waals surface area (Å²) in [6, 6.07) is 4.87. The average molecular weight is 398 g/mol. The van der Waals surface area contributed by atoms with E-state index in [1.165, 1.54) is 0 Å². The van der Waals surface area contributed by atoms with Crippen LogP contribution in [0.3, 0.4) is 0 Å². The second-order valence-corrected chi connectivity index (χ2v) is 7.59. The van der Waals surface area contributed by atoms with Crippen LogP contribution >= 0.6 is 23.2 Å². The molecule has 0 aliphatic heterocycles. The molecule has 0 bridgehead atoms. The molecule has 26 heavy (non-hydrogen) atoms. The summed E-state index contributed by atoms with van der Waals surface area (Å²) in [7, 11) is 0. The minimum Gasteiger partial charge on any atom is -0.444 e. The van der Waals surface area contributed by atoms with Crippen molar-refractivity contribution in [3.63, 3.8) is 0 Å². The highest BCUT2D eigenvalue weighted by atomic mass is 35.5. The monoisotopic (exact) mass is 397 g/mol. The molecule has 6 heteroatoms. The summed E-state index contributed by atoms with van der Waals surface area (Å²) < 4.78 is 5.40. The molecule has 142 valence electrons. The third kappa shape index (κ3) is 7.68. The summed E-state index contributed by atoms with van der Waals surface area (Å²) in [4.78, 5) is 25.9. The van der Waals surface area contributed by atoms with Crippen LogP contribution < -0.4 is 0 Å². The van der Waals surface area contributed by atoms with Crippen LogP contribution in [0.25, 0.3) is 0 Å². The number of amides is 1. The van der Waals surface area contributed by atoms with Crippen LogP contribution in [-0.4, -0.2) is 35.5 Å². The molecule has 0 N–H and O–H groups in total. The number of ether oxygens (including phenoxy) is 1. The molecule has 0 saturated heterocycles. The Morgan fingerprint density at radius 2 is 1.88 bits per heavy atom. The maximum absolute atomic E-state index is 12.2. The first kappa shape index (κ1) is 22.3. The van der Waals surface area contributed by atoms with Gasteiger partial charge >= 0.3 is 6.09 Å². The van der Waals surface area contributed by atoms with Gasteiger partial charge in [0.25, 0.3) is 0 Å². The first-order valence-corrected chi connectivity index (χ1v) is 9.36. The Bertz CT molecular complexity index is 699. The SMILES string of the molecule is CCCN(CCCC#CC(=O)c1cccc(Cl)c1Cl)C(=O)OC(C)(C)C. The van der Waals surface area contributed by atoms with Gasteiger partial charge in [0.05, 0.1) is 15.6 Å².